The molecule has 1 aliphatic heterocycles. The quantitative estimate of drug-likeness (QED) is 0.816. The highest BCUT2D eigenvalue weighted by Gasteiger charge is 2.33. The maximum atomic E-state index is 12.5. The third kappa shape index (κ3) is 3.37. The minimum Gasteiger partial charge on any atom is -0.369 e. The number of hydrogen-bond donors (Lipinski definition) is 1. The molecule has 1 aromatic carbocycles. The monoisotopic (exact) mass is 310 g/mol. The number of nitrogens with two attached hydrogens (primary N) is 1. The number of fused-ring (bicyclic) bond motifs is 1. The number of primary amides is 1. The van der Waals surface area contributed by atoms with Crippen LogP contribution in [-0.2, 0) is 14.8 Å². The van der Waals surface area contributed by atoms with E-state index in [2.05, 4.69) is 0 Å². The Hall–Kier alpha value is -1.56. The van der Waals surface area contributed by atoms with Gasteiger partial charge in [0.25, 0.3) is 0 Å². The van der Waals surface area contributed by atoms with Crippen LogP contribution in [0.15, 0.2) is 24.3 Å². The van der Waals surface area contributed by atoms with Crippen molar-refractivity contribution >= 4 is 21.6 Å². The van der Waals surface area contributed by atoms with Crippen molar-refractivity contribution < 1.29 is 13.2 Å². The van der Waals surface area contributed by atoms with Gasteiger partial charge in [-0.15, -0.1) is 0 Å². The molecule has 21 heavy (non-hydrogen) atoms. The zero-order valence-corrected chi connectivity index (χ0v) is 13.1. The molecule has 2 rings (SSSR count). The molecule has 6 heteroatoms. The number of carbonyl (C=O) groups excluding carboxylic acids is 1. The van der Waals surface area contributed by atoms with Crippen molar-refractivity contribution in [3.8, 4) is 0 Å². The summed E-state index contributed by atoms with van der Waals surface area (Å²) in [5.41, 5.74) is 6.75. The van der Waals surface area contributed by atoms with Gasteiger partial charge in [0, 0.05) is 6.54 Å². The SMILES string of the molecule is CCCCCS(=O)(=O)N1CCC(C(N)=O)c2ccccc21. The summed E-state index contributed by atoms with van der Waals surface area (Å²) >= 11 is 0. The van der Waals surface area contributed by atoms with Crippen LogP contribution in [0, 0.1) is 0 Å². The van der Waals surface area contributed by atoms with E-state index < -0.39 is 21.8 Å². The largest absolute Gasteiger partial charge is 0.369 e. The molecule has 0 aliphatic carbocycles. The van der Waals surface area contributed by atoms with Gasteiger partial charge in [-0.3, -0.25) is 9.10 Å². The van der Waals surface area contributed by atoms with Crippen molar-refractivity contribution in [2.24, 2.45) is 5.73 Å². The molecule has 0 bridgehead atoms. The molecule has 0 radical (unpaired) electrons. The third-order valence-electron chi connectivity index (χ3n) is 3.89. The van der Waals surface area contributed by atoms with E-state index in [4.69, 9.17) is 5.73 Å². The summed E-state index contributed by atoms with van der Waals surface area (Å²) < 4.78 is 26.5. The number of anilines is 1. The van der Waals surface area contributed by atoms with Crippen LogP contribution >= 0.6 is 0 Å². The zero-order valence-electron chi connectivity index (χ0n) is 12.3. The second kappa shape index (κ2) is 6.47. The van der Waals surface area contributed by atoms with Gasteiger partial charge < -0.3 is 5.73 Å². The molecule has 0 aromatic heterocycles. The lowest BCUT2D eigenvalue weighted by Gasteiger charge is -2.33. The highest BCUT2D eigenvalue weighted by atomic mass is 32.2. The van der Waals surface area contributed by atoms with Crippen molar-refractivity contribution in [2.75, 3.05) is 16.6 Å². The first-order valence-corrected chi connectivity index (χ1v) is 8.97. The molecule has 0 fully saturated rings. The zero-order chi connectivity index (χ0) is 15.5. The Bertz CT molecular complexity index is 613. The van der Waals surface area contributed by atoms with Crippen molar-refractivity contribution in [1.82, 2.24) is 0 Å². The van der Waals surface area contributed by atoms with Crippen molar-refractivity contribution in [2.45, 2.75) is 38.5 Å². The Kier molecular flexibility index (Phi) is 4.88. The Morgan fingerprint density at radius 2 is 2.05 bits per heavy atom. The lowest BCUT2D eigenvalue weighted by atomic mass is 9.90. The minimum atomic E-state index is -3.34. The van der Waals surface area contributed by atoms with E-state index in [1.54, 1.807) is 18.2 Å². The molecule has 0 saturated heterocycles. The van der Waals surface area contributed by atoms with Crippen molar-refractivity contribution in [1.29, 1.82) is 0 Å². The average molecular weight is 310 g/mol. The molecule has 1 heterocycles. The summed E-state index contributed by atoms with van der Waals surface area (Å²) in [6.45, 7) is 2.36. The molecule has 2 N–H and O–H groups in total. The van der Waals surface area contributed by atoms with E-state index in [-0.39, 0.29) is 5.75 Å². The molecule has 116 valence electrons. The van der Waals surface area contributed by atoms with Gasteiger partial charge >= 0.3 is 0 Å². The van der Waals surface area contributed by atoms with E-state index in [0.29, 0.717) is 25.1 Å². The molecule has 5 nitrogen and oxygen atoms in total. The first-order chi connectivity index (χ1) is 9.97. The number of amides is 1. The van der Waals surface area contributed by atoms with Crippen LogP contribution in [0.5, 0.6) is 0 Å². The predicted octanol–water partition coefficient (Wildman–Crippen LogP) is 1.99. The Labute approximate surface area is 126 Å². The van der Waals surface area contributed by atoms with Gasteiger partial charge in [-0.05, 0) is 24.5 Å². The summed E-state index contributed by atoms with van der Waals surface area (Å²) in [6.07, 6.45) is 2.99. The number of unbranched alkanes of at least 4 members (excludes halogenated alkanes) is 2. The average Bonchev–Trinajstić information content (AvgIpc) is 2.46. The molecule has 0 spiro atoms. The molecule has 0 saturated carbocycles. The van der Waals surface area contributed by atoms with Crippen molar-refractivity contribution in [3.05, 3.63) is 29.8 Å². The number of hydrogen-bond acceptors (Lipinski definition) is 3. The predicted molar refractivity (Wildman–Crippen MR) is 83.7 cm³/mol. The Morgan fingerprint density at radius 3 is 2.71 bits per heavy atom. The second-order valence-corrected chi connectivity index (χ2v) is 7.41. The number of rotatable bonds is 6. The lowest BCUT2D eigenvalue weighted by Crippen LogP contribution is -2.40. The van der Waals surface area contributed by atoms with Crippen LogP contribution in [0.1, 0.15) is 44.1 Å². The van der Waals surface area contributed by atoms with E-state index >= 15 is 0 Å². The fraction of sp³-hybridized carbons (Fsp3) is 0.533. The Balaban J connectivity index is 2.30. The van der Waals surface area contributed by atoms with Crippen LogP contribution < -0.4 is 10.0 Å². The van der Waals surface area contributed by atoms with E-state index in [1.807, 2.05) is 13.0 Å². The smallest absolute Gasteiger partial charge is 0.235 e. The minimum absolute atomic E-state index is 0.149. The summed E-state index contributed by atoms with van der Waals surface area (Å²) in [7, 11) is -3.34. The summed E-state index contributed by atoms with van der Waals surface area (Å²) in [5.74, 6) is -0.648. The first-order valence-electron chi connectivity index (χ1n) is 7.36. The van der Waals surface area contributed by atoms with Gasteiger partial charge in [0.2, 0.25) is 15.9 Å². The fourth-order valence-corrected chi connectivity index (χ4v) is 4.40. The van der Waals surface area contributed by atoms with Crippen molar-refractivity contribution in [3.63, 3.8) is 0 Å². The fourth-order valence-electron chi connectivity index (χ4n) is 2.76. The number of benzene rings is 1. The van der Waals surface area contributed by atoms with Crippen LogP contribution in [0.4, 0.5) is 5.69 Å². The summed E-state index contributed by atoms with van der Waals surface area (Å²) in [6, 6.07) is 7.14. The molecule has 1 amide bonds. The second-order valence-electron chi connectivity index (χ2n) is 5.40. The van der Waals surface area contributed by atoms with Gasteiger partial charge in [-0.25, -0.2) is 8.42 Å². The molecular formula is C15H22N2O3S. The van der Waals surface area contributed by atoms with Gasteiger partial charge in [0.1, 0.15) is 0 Å². The third-order valence-corrected chi connectivity index (χ3v) is 5.74. The van der Waals surface area contributed by atoms with E-state index in [1.165, 1.54) is 4.31 Å². The molecule has 1 aromatic rings. The topological polar surface area (TPSA) is 80.5 Å². The maximum absolute atomic E-state index is 12.5. The number of sulfonamides is 1. The number of nitrogens with zero attached hydrogens (tertiary/aromatic N) is 1. The van der Waals surface area contributed by atoms with Gasteiger partial charge in [-0.2, -0.15) is 0 Å². The highest BCUT2D eigenvalue weighted by Crippen LogP contribution is 2.36. The van der Waals surface area contributed by atoms with Crippen LogP contribution in [0.25, 0.3) is 0 Å². The van der Waals surface area contributed by atoms with Gasteiger partial charge in [0.05, 0.1) is 17.4 Å². The molecular weight excluding hydrogens is 288 g/mol. The number of para-hydroxylation sites is 1. The highest BCUT2D eigenvalue weighted by molar-refractivity contribution is 7.92. The Morgan fingerprint density at radius 1 is 1.33 bits per heavy atom. The molecule has 1 unspecified atom stereocenters. The lowest BCUT2D eigenvalue weighted by molar-refractivity contribution is -0.119. The normalized spacial score (nSPS) is 18.3. The maximum Gasteiger partial charge on any atom is 0.235 e. The summed E-state index contributed by atoms with van der Waals surface area (Å²) in [4.78, 5) is 11.5. The van der Waals surface area contributed by atoms with Gasteiger partial charge in [0.15, 0.2) is 0 Å². The van der Waals surface area contributed by atoms with Crippen LogP contribution in [-0.4, -0.2) is 26.6 Å². The van der Waals surface area contributed by atoms with Crippen LogP contribution in [0.3, 0.4) is 0 Å². The van der Waals surface area contributed by atoms with Gasteiger partial charge in [-0.1, -0.05) is 38.0 Å². The van der Waals surface area contributed by atoms with Crippen LogP contribution in [0.2, 0.25) is 0 Å². The molecule has 1 atom stereocenters. The van der Waals surface area contributed by atoms with E-state index in [0.717, 1.165) is 18.4 Å². The molecule has 1 aliphatic rings. The standard InChI is InChI=1S/C15H22N2O3S/c1-2-3-6-11-21(19,20)17-10-9-13(15(16)18)12-7-4-5-8-14(12)17/h4-5,7-8,13H,2-3,6,9-11H2,1H3,(H2,16,18). The number of carbonyl (C=O) groups is 1. The van der Waals surface area contributed by atoms with E-state index in [9.17, 15) is 13.2 Å². The summed E-state index contributed by atoms with van der Waals surface area (Å²) in [5, 5.41) is 0. The first kappa shape index (κ1) is 15.8.